The molecular weight excluding hydrogens is 222 g/mol. The molecule has 2 nitrogen and oxygen atoms in total. The van der Waals surface area contributed by atoms with Crippen LogP contribution in [-0.4, -0.2) is 13.7 Å². The summed E-state index contributed by atoms with van der Waals surface area (Å²) < 4.78 is 5.57. The monoisotopic (exact) mass is 239 g/mol. The van der Waals surface area contributed by atoms with Crippen LogP contribution >= 0.6 is 11.6 Å². The van der Waals surface area contributed by atoms with Crippen molar-refractivity contribution in [1.29, 1.82) is 0 Å². The maximum Gasteiger partial charge on any atom is 0.137 e. The number of benzene rings is 1. The van der Waals surface area contributed by atoms with Crippen molar-refractivity contribution in [3.63, 3.8) is 0 Å². The van der Waals surface area contributed by atoms with E-state index in [4.69, 9.17) is 16.3 Å². The highest BCUT2D eigenvalue weighted by Crippen LogP contribution is 2.25. The molecule has 0 saturated heterocycles. The average Bonchev–Trinajstić information content (AvgIpc) is 2.27. The lowest BCUT2D eigenvalue weighted by atomic mass is 10.2. The number of halogens is 1. The highest BCUT2D eigenvalue weighted by Gasteiger charge is 2.02. The van der Waals surface area contributed by atoms with Crippen molar-refractivity contribution in [3.05, 3.63) is 41.4 Å². The fraction of sp³-hybridized carbons (Fsp3) is 0.385. The number of hydrogen-bond acceptors (Lipinski definition) is 2. The summed E-state index contributed by atoms with van der Waals surface area (Å²) in [5.41, 5.74) is 1.16. The second-order valence-corrected chi connectivity index (χ2v) is 3.98. The Bertz CT molecular complexity index is 339. The highest BCUT2D eigenvalue weighted by atomic mass is 35.5. The molecule has 1 N–H and O–H groups in total. The van der Waals surface area contributed by atoms with Crippen LogP contribution in [0.3, 0.4) is 0 Å². The van der Waals surface area contributed by atoms with Crippen LogP contribution in [0.15, 0.2) is 30.9 Å². The predicted molar refractivity (Wildman–Crippen MR) is 69.1 cm³/mol. The molecule has 16 heavy (non-hydrogen) atoms. The Balaban J connectivity index is 2.50. The van der Waals surface area contributed by atoms with E-state index < -0.39 is 0 Å². The zero-order valence-corrected chi connectivity index (χ0v) is 10.4. The summed E-state index contributed by atoms with van der Waals surface area (Å²) in [6, 6.07) is 5.87. The van der Waals surface area contributed by atoms with Gasteiger partial charge in [0.05, 0.1) is 11.6 Å². The molecular formula is C13H18ClNO. The molecule has 0 bridgehead atoms. The second-order valence-electron chi connectivity index (χ2n) is 3.57. The maximum atomic E-state index is 6.11. The molecule has 1 rings (SSSR count). The van der Waals surface area contributed by atoms with E-state index in [1.807, 2.05) is 31.3 Å². The molecule has 0 heterocycles. The summed E-state index contributed by atoms with van der Waals surface area (Å²) in [6.07, 6.45) is 3.83. The Morgan fingerprint density at radius 2 is 2.31 bits per heavy atom. The zero-order chi connectivity index (χ0) is 11.8. The number of allylic oxidation sites excluding steroid dienone is 1. The van der Waals surface area contributed by atoms with Gasteiger partial charge in [-0.15, -0.1) is 6.58 Å². The van der Waals surface area contributed by atoms with Gasteiger partial charge in [-0.1, -0.05) is 23.7 Å². The van der Waals surface area contributed by atoms with E-state index in [-0.39, 0.29) is 0 Å². The third kappa shape index (κ3) is 4.25. The molecule has 0 saturated carbocycles. The van der Waals surface area contributed by atoms with E-state index in [9.17, 15) is 0 Å². The van der Waals surface area contributed by atoms with E-state index in [0.717, 1.165) is 30.7 Å². The Morgan fingerprint density at radius 3 is 2.94 bits per heavy atom. The second kappa shape index (κ2) is 7.31. The first-order valence-corrected chi connectivity index (χ1v) is 5.82. The van der Waals surface area contributed by atoms with Gasteiger partial charge in [0.25, 0.3) is 0 Å². The van der Waals surface area contributed by atoms with Crippen molar-refractivity contribution in [2.24, 2.45) is 0 Å². The van der Waals surface area contributed by atoms with Gasteiger partial charge in [0.1, 0.15) is 5.75 Å². The fourth-order valence-corrected chi connectivity index (χ4v) is 1.64. The van der Waals surface area contributed by atoms with Crippen molar-refractivity contribution < 1.29 is 4.74 Å². The molecule has 0 aromatic heterocycles. The van der Waals surface area contributed by atoms with Crippen molar-refractivity contribution in [2.45, 2.75) is 19.4 Å². The Labute approximate surface area is 102 Å². The maximum absolute atomic E-state index is 6.11. The number of unbranched alkanes of at least 4 members (excludes halogenated alkanes) is 1. The third-order valence-electron chi connectivity index (χ3n) is 2.19. The Hall–Kier alpha value is -0.990. The lowest BCUT2D eigenvalue weighted by molar-refractivity contribution is 0.312. The lowest BCUT2D eigenvalue weighted by Crippen LogP contribution is -2.05. The standard InChI is InChI=1S/C13H18ClNO/c1-3-4-5-8-16-13-7-6-11(10-15-2)9-12(13)14/h3,6-7,9,15H,1,4-5,8,10H2,2H3. The fourth-order valence-electron chi connectivity index (χ4n) is 1.39. The minimum atomic E-state index is 0.673. The first-order chi connectivity index (χ1) is 7.77. The molecule has 0 radical (unpaired) electrons. The number of hydrogen-bond donors (Lipinski definition) is 1. The number of ether oxygens (including phenoxy) is 1. The van der Waals surface area contributed by atoms with Gasteiger partial charge in [-0.05, 0) is 37.6 Å². The summed E-state index contributed by atoms with van der Waals surface area (Å²) in [4.78, 5) is 0. The van der Waals surface area contributed by atoms with E-state index in [1.165, 1.54) is 0 Å². The van der Waals surface area contributed by atoms with Crippen LogP contribution in [0.2, 0.25) is 5.02 Å². The van der Waals surface area contributed by atoms with Crippen LogP contribution < -0.4 is 10.1 Å². The van der Waals surface area contributed by atoms with Crippen LogP contribution in [0.5, 0.6) is 5.75 Å². The molecule has 0 aliphatic carbocycles. The van der Waals surface area contributed by atoms with E-state index in [2.05, 4.69) is 11.9 Å². The lowest BCUT2D eigenvalue weighted by Gasteiger charge is -2.08. The zero-order valence-electron chi connectivity index (χ0n) is 9.63. The third-order valence-corrected chi connectivity index (χ3v) is 2.48. The van der Waals surface area contributed by atoms with Crippen LogP contribution in [-0.2, 0) is 6.54 Å². The quantitative estimate of drug-likeness (QED) is 0.582. The molecule has 0 fully saturated rings. The van der Waals surface area contributed by atoms with Gasteiger partial charge in [0, 0.05) is 6.54 Å². The van der Waals surface area contributed by atoms with Gasteiger partial charge in [-0.3, -0.25) is 0 Å². The summed E-state index contributed by atoms with van der Waals surface area (Å²) in [5, 5.41) is 3.75. The highest BCUT2D eigenvalue weighted by molar-refractivity contribution is 6.32. The van der Waals surface area contributed by atoms with Crippen molar-refractivity contribution in [3.8, 4) is 5.75 Å². The smallest absolute Gasteiger partial charge is 0.137 e. The van der Waals surface area contributed by atoms with Gasteiger partial charge in [0.15, 0.2) is 0 Å². The Morgan fingerprint density at radius 1 is 1.50 bits per heavy atom. The molecule has 0 unspecified atom stereocenters. The first-order valence-electron chi connectivity index (χ1n) is 5.44. The van der Waals surface area contributed by atoms with Gasteiger partial charge >= 0.3 is 0 Å². The SMILES string of the molecule is C=CCCCOc1ccc(CNC)cc1Cl. The van der Waals surface area contributed by atoms with Gasteiger partial charge in [-0.25, -0.2) is 0 Å². The molecule has 0 amide bonds. The number of nitrogens with one attached hydrogen (secondary N) is 1. The summed E-state index contributed by atoms with van der Waals surface area (Å²) in [5.74, 6) is 0.755. The molecule has 3 heteroatoms. The molecule has 1 aromatic carbocycles. The van der Waals surface area contributed by atoms with Crippen molar-refractivity contribution in [2.75, 3.05) is 13.7 Å². The van der Waals surface area contributed by atoms with Crippen LogP contribution in [0.25, 0.3) is 0 Å². The van der Waals surface area contributed by atoms with Crippen LogP contribution in [0.1, 0.15) is 18.4 Å². The van der Waals surface area contributed by atoms with Gasteiger partial charge in [0.2, 0.25) is 0 Å². The molecule has 0 atom stereocenters. The minimum Gasteiger partial charge on any atom is -0.492 e. The molecule has 0 aliphatic rings. The van der Waals surface area contributed by atoms with E-state index >= 15 is 0 Å². The summed E-state index contributed by atoms with van der Waals surface area (Å²) in [6.45, 7) is 5.16. The topological polar surface area (TPSA) is 21.3 Å². The minimum absolute atomic E-state index is 0.673. The van der Waals surface area contributed by atoms with Crippen LogP contribution in [0, 0.1) is 0 Å². The summed E-state index contributed by atoms with van der Waals surface area (Å²) >= 11 is 6.11. The molecule has 88 valence electrons. The normalized spacial score (nSPS) is 10.1. The first kappa shape index (κ1) is 13.1. The average molecular weight is 240 g/mol. The van der Waals surface area contributed by atoms with E-state index in [1.54, 1.807) is 0 Å². The molecule has 1 aromatic rings. The van der Waals surface area contributed by atoms with E-state index in [0.29, 0.717) is 11.6 Å². The Kier molecular flexibility index (Phi) is 5.98. The number of rotatable bonds is 7. The largest absolute Gasteiger partial charge is 0.492 e. The van der Waals surface area contributed by atoms with Gasteiger partial charge in [-0.2, -0.15) is 0 Å². The van der Waals surface area contributed by atoms with Crippen molar-refractivity contribution in [1.82, 2.24) is 5.32 Å². The predicted octanol–water partition coefficient (Wildman–Crippen LogP) is 3.40. The van der Waals surface area contributed by atoms with Crippen molar-refractivity contribution >= 4 is 11.6 Å². The molecule has 0 aliphatic heterocycles. The van der Waals surface area contributed by atoms with Crippen LogP contribution in [0.4, 0.5) is 0 Å². The summed E-state index contributed by atoms with van der Waals surface area (Å²) in [7, 11) is 1.91. The molecule has 0 spiro atoms. The van der Waals surface area contributed by atoms with Gasteiger partial charge < -0.3 is 10.1 Å².